The number of nitriles is 1. The van der Waals surface area contributed by atoms with Crippen LogP contribution in [-0.2, 0) is 11.2 Å². The van der Waals surface area contributed by atoms with E-state index < -0.39 is 11.1 Å². The first-order valence-electron chi connectivity index (χ1n) is 13.7. The van der Waals surface area contributed by atoms with Crippen molar-refractivity contribution in [2.45, 2.75) is 44.2 Å². The first-order chi connectivity index (χ1) is 19.6. The number of carbonyl (C=O) groups is 1. The molecule has 0 saturated carbocycles. The zero-order chi connectivity index (χ0) is 28.8. The number of piperidine rings is 1. The van der Waals surface area contributed by atoms with Gasteiger partial charge in [0.25, 0.3) is 0 Å². The van der Waals surface area contributed by atoms with Crippen LogP contribution in [0.2, 0.25) is 0 Å². The van der Waals surface area contributed by atoms with Crippen LogP contribution in [0, 0.1) is 11.3 Å². The summed E-state index contributed by atoms with van der Waals surface area (Å²) in [4.78, 5) is 26.5. The Kier molecular flexibility index (Phi) is 6.60. The number of fused-ring (bicyclic) bond motifs is 2. The summed E-state index contributed by atoms with van der Waals surface area (Å²) < 4.78 is 7.44. The van der Waals surface area contributed by atoms with Crippen molar-refractivity contribution in [2.75, 3.05) is 36.0 Å². The molecule has 210 valence electrons. The van der Waals surface area contributed by atoms with E-state index in [9.17, 15) is 15.2 Å². The maximum Gasteiger partial charge on any atom is 0.247 e. The standard InChI is InChI=1S/C30H32N8O3/c1-29(2,40)19-41-22-14-23(27-21(15-31)17-35-38(27)18-22)20-5-6-26(34-16-20)36-12-8-30(32,9-13-36)28(39)37-11-7-24-25(37)4-3-10-33-24/h3-6,10,14,16-18,40H,7-9,11-13,19,32H2,1-2H3. The summed E-state index contributed by atoms with van der Waals surface area (Å²) >= 11 is 0. The molecule has 6 heterocycles. The molecule has 11 nitrogen and oxygen atoms in total. The Labute approximate surface area is 237 Å². The molecule has 2 aliphatic rings. The van der Waals surface area contributed by atoms with Gasteiger partial charge >= 0.3 is 0 Å². The number of amides is 1. The molecule has 4 aromatic heterocycles. The topological polar surface area (TPSA) is 146 Å². The Balaban J connectivity index is 1.20. The average Bonchev–Trinajstić information content (AvgIpc) is 3.60. The Hall–Kier alpha value is -4.53. The number of hydrogen-bond acceptors (Lipinski definition) is 9. The normalized spacial score (nSPS) is 16.5. The fourth-order valence-corrected chi connectivity index (χ4v) is 5.50. The van der Waals surface area contributed by atoms with Crippen LogP contribution in [0.25, 0.3) is 16.6 Å². The molecule has 1 fully saturated rings. The minimum atomic E-state index is -1.00. The average molecular weight is 553 g/mol. The van der Waals surface area contributed by atoms with E-state index >= 15 is 0 Å². The van der Waals surface area contributed by atoms with Crippen molar-refractivity contribution < 1.29 is 14.6 Å². The Bertz CT molecular complexity index is 1640. The third kappa shape index (κ3) is 5.08. The molecule has 0 bridgehead atoms. The second-order valence-electron chi connectivity index (χ2n) is 11.4. The van der Waals surface area contributed by atoms with Crippen LogP contribution >= 0.6 is 0 Å². The first-order valence-corrected chi connectivity index (χ1v) is 13.7. The van der Waals surface area contributed by atoms with E-state index in [0.717, 1.165) is 34.7 Å². The highest BCUT2D eigenvalue weighted by atomic mass is 16.5. The lowest BCUT2D eigenvalue weighted by Gasteiger charge is -2.40. The Morgan fingerprint density at radius 2 is 2.00 bits per heavy atom. The molecule has 41 heavy (non-hydrogen) atoms. The summed E-state index contributed by atoms with van der Waals surface area (Å²) in [6.45, 7) is 5.26. The van der Waals surface area contributed by atoms with Gasteiger partial charge in [0.05, 0.1) is 46.0 Å². The van der Waals surface area contributed by atoms with Gasteiger partial charge in [-0.3, -0.25) is 9.78 Å². The highest BCUT2D eigenvalue weighted by molar-refractivity contribution is 6.01. The third-order valence-electron chi connectivity index (χ3n) is 7.74. The van der Waals surface area contributed by atoms with Crippen LogP contribution in [0.4, 0.5) is 11.5 Å². The summed E-state index contributed by atoms with van der Waals surface area (Å²) in [7, 11) is 0. The van der Waals surface area contributed by atoms with E-state index in [-0.39, 0.29) is 12.5 Å². The Morgan fingerprint density at radius 1 is 1.20 bits per heavy atom. The van der Waals surface area contributed by atoms with Gasteiger partial charge < -0.3 is 25.4 Å². The van der Waals surface area contributed by atoms with Crippen LogP contribution in [0.3, 0.4) is 0 Å². The number of nitrogens with zero attached hydrogens (tertiary/aromatic N) is 7. The summed E-state index contributed by atoms with van der Waals surface area (Å²) in [6, 6.07) is 11.7. The second kappa shape index (κ2) is 10.1. The maximum atomic E-state index is 13.5. The minimum absolute atomic E-state index is 0.0444. The van der Waals surface area contributed by atoms with Crippen LogP contribution in [0.15, 0.2) is 55.1 Å². The van der Waals surface area contributed by atoms with Crippen LogP contribution in [0.1, 0.15) is 37.9 Å². The summed E-state index contributed by atoms with van der Waals surface area (Å²) in [5, 5.41) is 24.1. The fourth-order valence-electron chi connectivity index (χ4n) is 5.50. The van der Waals surface area contributed by atoms with Crippen LogP contribution in [0.5, 0.6) is 5.75 Å². The number of nitrogens with two attached hydrogens (primary N) is 1. The zero-order valence-corrected chi connectivity index (χ0v) is 23.1. The molecule has 11 heteroatoms. The molecule has 2 aliphatic heterocycles. The summed E-state index contributed by atoms with van der Waals surface area (Å²) in [6.07, 6.45) is 8.52. The van der Waals surface area contributed by atoms with Gasteiger partial charge in [0.1, 0.15) is 24.2 Å². The van der Waals surface area contributed by atoms with Crippen LogP contribution < -0.4 is 20.3 Å². The van der Waals surface area contributed by atoms with Gasteiger partial charge in [-0.1, -0.05) is 0 Å². The summed E-state index contributed by atoms with van der Waals surface area (Å²) in [5.41, 5.74) is 9.20. The maximum absolute atomic E-state index is 13.5. The molecule has 6 rings (SSSR count). The molecule has 0 aliphatic carbocycles. The predicted octanol–water partition coefficient (Wildman–Crippen LogP) is 2.70. The van der Waals surface area contributed by atoms with Gasteiger partial charge in [-0.2, -0.15) is 10.4 Å². The monoisotopic (exact) mass is 552 g/mol. The minimum Gasteiger partial charge on any atom is -0.489 e. The van der Waals surface area contributed by atoms with Gasteiger partial charge in [-0.05, 0) is 57.0 Å². The number of aliphatic hydroxyl groups is 1. The van der Waals surface area contributed by atoms with E-state index in [4.69, 9.17) is 15.5 Å². The molecule has 0 unspecified atom stereocenters. The lowest BCUT2D eigenvalue weighted by Crippen LogP contribution is -2.60. The third-order valence-corrected chi connectivity index (χ3v) is 7.74. The van der Waals surface area contributed by atoms with Gasteiger partial charge in [0, 0.05) is 49.6 Å². The summed E-state index contributed by atoms with van der Waals surface area (Å²) in [5.74, 6) is 1.26. The molecule has 0 atom stereocenters. The number of hydrogen-bond donors (Lipinski definition) is 2. The number of pyridine rings is 3. The van der Waals surface area contributed by atoms with Crippen molar-refractivity contribution in [1.29, 1.82) is 5.26 Å². The number of aromatic nitrogens is 4. The van der Waals surface area contributed by atoms with Crippen molar-refractivity contribution in [3.8, 4) is 22.9 Å². The van der Waals surface area contributed by atoms with E-state index in [1.807, 2.05) is 30.3 Å². The molecular formula is C30H32N8O3. The van der Waals surface area contributed by atoms with Gasteiger partial charge in [0.15, 0.2) is 0 Å². The zero-order valence-electron chi connectivity index (χ0n) is 23.1. The lowest BCUT2D eigenvalue weighted by atomic mass is 9.87. The Morgan fingerprint density at radius 3 is 2.71 bits per heavy atom. The largest absolute Gasteiger partial charge is 0.489 e. The number of anilines is 2. The first kappa shape index (κ1) is 26.7. The molecule has 3 N–H and O–H groups in total. The molecule has 0 radical (unpaired) electrons. The number of ether oxygens (including phenoxy) is 1. The number of rotatable bonds is 6. The number of carbonyl (C=O) groups excluding carboxylic acids is 1. The van der Waals surface area contributed by atoms with Gasteiger partial charge in [-0.15, -0.1) is 0 Å². The molecule has 0 aromatic carbocycles. The molecule has 4 aromatic rings. The van der Waals surface area contributed by atoms with Crippen molar-refractivity contribution >= 4 is 22.9 Å². The van der Waals surface area contributed by atoms with Gasteiger partial charge in [-0.25, -0.2) is 9.50 Å². The van der Waals surface area contributed by atoms with Crippen molar-refractivity contribution in [2.24, 2.45) is 5.73 Å². The van der Waals surface area contributed by atoms with E-state index in [1.54, 1.807) is 41.9 Å². The molecular weight excluding hydrogens is 520 g/mol. The quantitative estimate of drug-likeness (QED) is 0.369. The fraction of sp³-hybridized carbons (Fsp3) is 0.367. The lowest BCUT2D eigenvalue weighted by molar-refractivity contribution is -0.124. The van der Waals surface area contributed by atoms with Crippen LogP contribution in [-0.4, -0.2) is 68.0 Å². The van der Waals surface area contributed by atoms with Crippen molar-refractivity contribution in [1.82, 2.24) is 19.6 Å². The van der Waals surface area contributed by atoms with Crippen molar-refractivity contribution in [3.63, 3.8) is 0 Å². The molecule has 0 spiro atoms. The smallest absolute Gasteiger partial charge is 0.247 e. The predicted molar refractivity (Wildman–Crippen MR) is 154 cm³/mol. The van der Waals surface area contributed by atoms with Crippen molar-refractivity contribution in [3.05, 3.63) is 66.4 Å². The van der Waals surface area contributed by atoms with E-state index in [0.29, 0.717) is 49.3 Å². The highest BCUT2D eigenvalue weighted by Gasteiger charge is 2.42. The molecule has 1 saturated heterocycles. The molecule has 1 amide bonds. The second-order valence-corrected chi connectivity index (χ2v) is 11.4. The SMILES string of the molecule is CC(C)(O)COc1cc(-c2ccc(N3CCC(N)(C(=O)N4CCc5ncccc54)CC3)nc2)c2c(C#N)cnn2c1. The van der Waals surface area contributed by atoms with Gasteiger partial charge in [0.2, 0.25) is 5.91 Å². The van der Waals surface area contributed by atoms with E-state index in [2.05, 4.69) is 21.1 Å². The van der Waals surface area contributed by atoms with E-state index in [1.165, 1.54) is 6.20 Å². The highest BCUT2D eigenvalue weighted by Crippen LogP contribution is 2.34.